The van der Waals surface area contributed by atoms with Crippen molar-refractivity contribution < 1.29 is 28.9 Å². The summed E-state index contributed by atoms with van der Waals surface area (Å²) in [5.74, 6) is -0.878. The maximum atomic E-state index is 12.5. The predicted molar refractivity (Wildman–Crippen MR) is 96.3 cm³/mol. The lowest BCUT2D eigenvalue weighted by Crippen LogP contribution is -2.58. The summed E-state index contributed by atoms with van der Waals surface area (Å²) >= 11 is 0. The molecule has 0 radical (unpaired) electrons. The molecule has 1 unspecified atom stereocenters. The van der Waals surface area contributed by atoms with Gasteiger partial charge in [0.15, 0.2) is 0 Å². The molecule has 0 amide bonds. The smallest absolute Gasteiger partial charge is 0.314 e. The molecule has 150 valence electrons. The van der Waals surface area contributed by atoms with Crippen molar-refractivity contribution in [3.8, 4) is 0 Å². The first-order chi connectivity index (χ1) is 12.5. The summed E-state index contributed by atoms with van der Waals surface area (Å²) in [7, 11) is 0. The summed E-state index contributed by atoms with van der Waals surface area (Å²) in [4.78, 5) is 24.4. The zero-order valence-corrected chi connectivity index (χ0v) is 16.6. The van der Waals surface area contributed by atoms with Crippen LogP contribution in [0.2, 0.25) is 0 Å². The van der Waals surface area contributed by atoms with Gasteiger partial charge in [-0.05, 0) is 51.0 Å². The van der Waals surface area contributed by atoms with Crippen LogP contribution in [0.15, 0.2) is 12.2 Å². The van der Waals surface area contributed by atoms with Gasteiger partial charge in [-0.3, -0.25) is 9.59 Å². The third-order valence-corrected chi connectivity index (χ3v) is 7.72. The second-order valence-electron chi connectivity index (χ2n) is 9.72. The summed E-state index contributed by atoms with van der Waals surface area (Å²) in [5, 5.41) is 9.85. The number of aliphatic hydroxyl groups is 1. The van der Waals surface area contributed by atoms with E-state index in [4.69, 9.17) is 14.2 Å². The predicted octanol–water partition coefficient (Wildman–Crippen LogP) is 2.59. The van der Waals surface area contributed by atoms with Crippen molar-refractivity contribution in [2.45, 2.75) is 71.4 Å². The molecule has 5 aliphatic rings. The molecule has 7 atom stereocenters. The summed E-state index contributed by atoms with van der Waals surface area (Å²) in [6.07, 6.45) is 1.97. The van der Waals surface area contributed by atoms with E-state index in [-0.39, 0.29) is 29.3 Å². The Bertz CT molecular complexity index is 697. The number of hydrogen-bond donors (Lipinski definition) is 1. The maximum absolute atomic E-state index is 12.5. The fraction of sp³-hybridized carbons (Fsp3) is 0.810. The third-order valence-electron chi connectivity index (χ3n) is 7.72. The van der Waals surface area contributed by atoms with Gasteiger partial charge in [0, 0.05) is 18.3 Å². The van der Waals surface area contributed by atoms with Crippen LogP contribution >= 0.6 is 0 Å². The summed E-state index contributed by atoms with van der Waals surface area (Å²) in [6, 6.07) is 0. The van der Waals surface area contributed by atoms with E-state index >= 15 is 0 Å². The van der Waals surface area contributed by atoms with Gasteiger partial charge in [0.1, 0.15) is 6.10 Å². The molecule has 2 spiro atoms. The molecule has 3 aliphatic carbocycles. The Kier molecular flexibility index (Phi) is 4.07. The van der Waals surface area contributed by atoms with E-state index in [1.165, 1.54) is 0 Å². The van der Waals surface area contributed by atoms with Crippen molar-refractivity contribution in [3.05, 3.63) is 12.2 Å². The number of ether oxygens (including phenoxy) is 3. The van der Waals surface area contributed by atoms with E-state index in [0.29, 0.717) is 25.4 Å². The molecule has 0 aromatic heterocycles. The van der Waals surface area contributed by atoms with E-state index in [0.717, 1.165) is 18.4 Å². The van der Waals surface area contributed by atoms with Gasteiger partial charge in [0.05, 0.1) is 24.0 Å². The molecule has 6 nitrogen and oxygen atoms in total. The molecule has 2 heterocycles. The van der Waals surface area contributed by atoms with Gasteiger partial charge in [-0.15, -0.1) is 0 Å². The summed E-state index contributed by atoms with van der Waals surface area (Å²) in [5.41, 5.74) is -0.0661. The summed E-state index contributed by atoms with van der Waals surface area (Å²) < 4.78 is 17.4. The number of esters is 2. The molecular weight excluding hydrogens is 348 g/mol. The molecule has 0 aromatic carbocycles. The number of carbonyl (C=O) groups excluding carboxylic acids is 2. The molecule has 5 fully saturated rings. The third kappa shape index (κ3) is 2.59. The molecule has 3 saturated carbocycles. The van der Waals surface area contributed by atoms with Crippen molar-refractivity contribution in [2.75, 3.05) is 6.61 Å². The fourth-order valence-electron chi connectivity index (χ4n) is 5.37. The van der Waals surface area contributed by atoms with Gasteiger partial charge in [-0.25, -0.2) is 0 Å². The number of hydrogen-bond acceptors (Lipinski definition) is 6. The maximum Gasteiger partial charge on any atom is 0.314 e. The lowest BCUT2D eigenvalue weighted by atomic mass is 9.44. The molecule has 2 saturated heterocycles. The van der Waals surface area contributed by atoms with E-state index < -0.39 is 23.3 Å². The SMILES string of the molecule is C=C1[C@@H](OC(=O)C(C)(C)C(C)O)C[C@H]2C[C@@H]1[C@@]21CO[C@]2(C[C@H](C)C(=O)O2)C1. The van der Waals surface area contributed by atoms with Crippen molar-refractivity contribution in [1.29, 1.82) is 0 Å². The molecule has 6 heteroatoms. The van der Waals surface area contributed by atoms with Crippen LogP contribution < -0.4 is 0 Å². The minimum absolute atomic E-state index is 0.0515. The fourth-order valence-corrected chi connectivity index (χ4v) is 5.37. The van der Waals surface area contributed by atoms with Gasteiger partial charge in [0.25, 0.3) is 0 Å². The molecule has 2 bridgehead atoms. The van der Waals surface area contributed by atoms with Crippen molar-refractivity contribution in [3.63, 3.8) is 0 Å². The number of carbonyl (C=O) groups is 2. The molecule has 1 N–H and O–H groups in total. The van der Waals surface area contributed by atoms with Gasteiger partial charge in [0.2, 0.25) is 5.79 Å². The minimum Gasteiger partial charge on any atom is -0.457 e. The highest BCUT2D eigenvalue weighted by Crippen LogP contribution is 2.68. The number of aliphatic hydroxyl groups excluding tert-OH is 1. The monoisotopic (exact) mass is 378 g/mol. The quantitative estimate of drug-likeness (QED) is 0.600. The zero-order chi connectivity index (χ0) is 19.8. The van der Waals surface area contributed by atoms with Crippen molar-refractivity contribution in [2.24, 2.45) is 28.6 Å². The van der Waals surface area contributed by atoms with Crippen LogP contribution in [0.4, 0.5) is 0 Å². The van der Waals surface area contributed by atoms with Crippen LogP contribution in [0.3, 0.4) is 0 Å². The first-order valence-electron chi connectivity index (χ1n) is 9.95. The Morgan fingerprint density at radius 3 is 2.67 bits per heavy atom. The zero-order valence-electron chi connectivity index (χ0n) is 16.6. The Balaban J connectivity index is 1.46. The first-order valence-corrected chi connectivity index (χ1v) is 9.95. The van der Waals surface area contributed by atoms with Crippen molar-refractivity contribution in [1.82, 2.24) is 0 Å². The molecule has 27 heavy (non-hydrogen) atoms. The van der Waals surface area contributed by atoms with E-state index in [1.807, 2.05) is 6.92 Å². The molecule has 5 rings (SSSR count). The lowest BCUT2D eigenvalue weighted by molar-refractivity contribution is -0.192. The highest BCUT2D eigenvalue weighted by molar-refractivity contribution is 5.77. The Morgan fingerprint density at radius 1 is 1.41 bits per heavy atom. The molecular formula is C21H30O6. The Labute approximate surface area is 160 Å². The van der Waals surface area contributed by atoms with Crippen LogP contribution in [-0.4, -0.2) is 41.6 Å². The van der Waals surface area contributed by atoms with E-state index in [1.54, 1.807) is 20.8 Å². The average Bonchev–Trinajstić information content (AvgIpc) is 3.10. The van der Waals surface area contributed by atoms with Crippen LogP contribution in [-0.2, 0) is 23.8 Å². The highest BCUT2D eigenvalue weighted by atomic mass is 16.7. The lowest BCUT2D eigenvalue weighted by Gasteiger charge is -2.60. The van der Waals surface area contributed by atoms with Gasteiger partial charge in [-0.2, -0.15) is 0 Å². The van der Waals surface area contributed by atoms with Crippen LogP contribution in [0.1, 0.15) is 53.4 Å². The van der Waals surface area contributed by atoms with E-state index in [2.05, 4.69) is 6.58 Å². The van der Waals surface area contributed by atoms with E-state index in [9.17, 15) is 14.7 Å². The number of rotatable bonds is 3. The Morgan fingerprint density at radius 2 is 2.11 bits per heavy atom. The van der Waals surface area contributed by atoms with Crippen LogP contribution in [0.5, 0.6) is 0 Å². The topological polar surface area (TPSA) is 82.1 Å². The minimum atomic E-state index is -0.950. The second-order valence-corrected chi connectivity index (χ2v) is 9.72. The van der Waals surface area contributed by atoms with Gasteiger partial charge in [-0.1, -0.05) is 13.5 Å². The summed E-state index contributed by atoms with van der Waals surface area (Å²) in [6.45, 7) is 11.7. The number of fused-ring (bicyclic) bond motifs is 2. The van der Waals surface area contributed by atoms with Crippen LogP contribution in [0.25, 0.3) is 0 Å². The average molecular weight is 378 g/mol. The molecule has 0 aromatic rings. The first kappa shape index (κ1) is 18.9. The normalized spacial score (nSPS) is 44.3. The van der Waals surface area contributed by atoms with Crippen LogP contribution in [0, 0.1) is 28.6 Å². The Hall–Kier alpha value is -1.40. The molecule has 2 aliphatic heterocycles. The van der Waals surface area contributed by atoms with Crippen molar-refractivity contribution >= 4 is 11.9 Å². The highest BCUT2D eigenvalue weighted by Gasteiger charge is 2.69. The largest absolute Gasteiger partial charge is 0.457 e. The second kappa shape index (κ2) is 5.80. The standard InChI is InChI=1S/C21H30O6/c1-11-8-21(27-17(11)23)9-20(10-25-21)14-6-15(20)12(2)16(7-14)26-18(24)19(4,5)13(3)22/h11,13-16,22H,2,6-10H2,1,3-5H3/t11-,13?,14+,15-,16-,20-,21-/m0/s1. The van der Waals surface area contributed by atoms with Gasteiger partial charge >= 0.3 is 11.9 Å². The van der Waals surface area contributed by atoms with Gasteiger partial charge < -0.3 is 19.3 Å².